The number of rotatable bonds is 3. The zero-order chi connectivity index (χ0) is 16.2. The maximum absolute atomic E-state index is 12.6. The molecule has 23 heavy (non-hydrogen) atoms. The summed E-state index contributed by atoms with van der Waals surface area (Å²) in [6.45, 7) is 3.40. The standard InChI is InChI=1S/C18H25ClN2O2/c19-15-6-3-5-14(13-15)17(22)18(23)21-10-4-9-20(11-12-21)16-7-1-2-8-16/h3,5-6,13,16-17,22H,1-2,4,7-12H2/t17-/m1/s1. The molecule has 0 aromatic heterocycles. The summed E-state index contributed by atoms with van der Waals surface area (Å²) >= 11 is 5.95. The summed E-state index contributed by atoms with van der Waals surface area (Å²) in [5.74, 6) is -0.208. The van der Waals surface area contributed by atoms with Gasteiger partial charge < -0.3 is 10.0 Å². The van der Waals surface area contributed by atoms with Crippen molar-refractivity contribution in [2.24, 2.45) is 0 Å². The number of amides is 1. The Hall–Kier alpha value is -1.10. The average Bonchev–Trinajstić information content (AvgIpc) is 2.98. The van der Waals surface area contributed by atoms with E-state index in [1.807, 2.05) is 0 Å². The first-order valence-electron chi connectivity index (χ1n) is 8.61. The molecular formula is C18H25ClN2O2. The van der Waals surface area contributed by atoms with E-state index in [0.717, 1.165) is 26.1 Å². The van der Waals surface area contributed by atoms with Crippen molar-refractivity contribution in [2.75, 3.05) is 26.2 Å². The summed E-state index contributed by atoms with van der Waals surface area (Å²) in [5.41, 5.74) is 0.569. The molecule has 126 valence electrons. The van der Waals surface area contributed by atoms with Crippen LogP contribution in [0.25, 0.3) is 0 Å². The predicted molar refractivity (Wildman–Crippen MR) is 91.4 cm³/mol. The van der Waals surface area contributed by atoms with E-state index in [2.05, 4.69) is 4.90 Å². The summed E-state index contributed by atoms with van der Waals surface area (Å²) in [6, 6.07) is 7.61. The fourth-order valence-corrected chi connectivity index (χ4v) is 3.98. The van der Waals surface area contributed by atoms with Gasteiger partial charge in [-0.15, -0.1) is 0 Å². The van der Waals surface area contributed by atoms with E-state index in [4.69, 9.17) is 11.6 Å². The Kier molecular flexibility index (Phi) is 5.57. The number of hydrogen-bond donors (Lipinski definition) is 1. The average molecular weight is 337 g/mol. The van der Waals surface area contributed by atoms with Gasteiger partial charge in [0.2, 0.25) is 0 Å². The van der Waals surface area contributed by atoms with Gasteiger partial charge in [-0.3, -0.25) is 9.69 Å². The predicted octanol–water partition coefficient (Wildman–Crippen LogP) is 2.85. The van der Waals surface area contributed by atoms with Crippen LogP contribution in [-0.4, -0.2) is 53.0 Å². The first kappa shape index (κ1) is 16.7. The number of hydrogen-bond acceptors (Lipinski definition) is 3. The molecule has 1 saturated heterocycles. The van der Waals surface area contributed by atoms with Crippen LogP contribution in [-0.2, 0) is 4.79 Å². The third-order valence-corrected chi connectivity index (χ3v) is 5.32. The first-order chi connectivity index (χ1) is 11.1. The monoisotopic (exact) mass is 336 g/mol. The highest BCUT2D eigenvalue weighted by Crippen LogP contribution is 2.25. The van der Waals surface area contributed by atoms with E-state index < -0.39 is 6.10 Å². The molecule has 0 spiro atoms. The highest BCUT2D eigenvalue weighted by atomic mass is 35.5. The van der Waals surface area contributed by atoms with Crippen molar-refractivity contribution in [1.29, 1.82) is 0 Å². The van der Waals surface area contributed by atoms with Crippen LogP contribution in [0, 0.1) is 0 Å². The van der Waals surface area contributed by atoms with E-state index >= 15 is 0 Å². The summed E-state index contributed by atoms with van der Waals surface area (Å²) in [4.78, 5) is 16.9. The second-order valence-electron chi connectivity index (χ2n) is 6.61. The molecule has 1 aromatic carbocycles. The Morgan fingerprint density at radius 3 is 2.65 bits per heavy atom. The van der Waals surface area contributed by atoms with E-state index in [9.17, 15) is 9.90 Å². The van der Waals surface area contributed by atoms with E-state index in [1.165, 1.54) is 25.7 Å². The van der Waals surface area contributed by atoms with Crippen LogP contribution in [0.15, 0.2) is 24.3 Å². The molecule has 1 aliphatic carbocycles. The van der Waals surface area contributed by atoms with Gasteiger partial charge in [-0.05, 0) is 37.0 Å². The van der Waals surface area contributed by atoms with Crippen molar-refractivity contribution in [2.45, 2.75) is 44.2 Å². The molecule has 1 saturated carbocycles. The number of aliphatic hydroxyl groups excluding tert-OH is 1. The van der Waals surface area contributed by atoms with Crippen LogP contribution in [0.4, 0.5) is 0 Å². The minimum absolute atomic E-state index is 0.208. The van der Waals surface area contributed by atoms with Gasteiger partial charge in [-0.1, -0.05) is 36.6 Å². The quantitative estimate of drug-likeness (QED) is 0.923. The number of halogens is 1. The van der Waals surface area contributed by atoms with Gasteiger partial charge in [0.25, 0.3) is 5.91 Å². The Balaban J connectivity index is 1.61. The lowest BCUT2D eigenvalue weighted by Gasteiger charge is -2.27. The molecule has 1 aromatic rings. The highest BCUT2D eigenvalue weighted by molar-refractivity contribution is 6.30. The van der Waals surface area contributed by atoms with Crippen molar-refractivity contribution in [1.82, 2.24) is 9.80 Å². The van der Waals surface area contributed by atoms with Crippen LogP contribution in [0.5, 0.6) is 0 Å². The van der Waals surface area contributed by atoms with Crippen molar-refractivity contribution in [3.8, 4) is 0 Å². The van der Waals surface area contributed by atoms with Gasteiger partial charge in [0.15, 0.2) is 6.10 Å². The van der Waals surface area contributed by atoms with Gasteiger partial charge in [0.05, 0.1) is 0 Å². The summed E-state index contributed by atoms with van der Waals surface area (Å²) < 4.78 is 0. The molecule has 5 heteroatoms. The third-order valence-electron chi connectivity index (χ3n) is 5.08. The summed E-state index contributed by atoms with van der Waals surface area (Å²) in [6.07, 6.45) is 5.10. The fourth-order valence-electron chi connectivity index (χ4n) is 3.78. The number of carbonyl (C=O) groups is 1. The number of nitrogens with zero attached hydrogens (tertiary/aromatic N) is 2. The molecule has 2 fully saturated rings. The van der Waals surface area contributed by atoms with E-state index in [0.29, 0.717) is 23.2 Å². The molecule has 0 bridgehead atoms. The lowest BCUT2D eigenvalue weighted by atomic mass is 10.1. The highest BCUT2D eigenvalue weighted by Gasteiger charge is 2.29. The molecule has 1 aliphatic heterocycles. The van der Waals surface area contributed by atoms with Crippen LogP contribution < -0.4 is 0 Å². The smallest absolute Gasteiger partial charge is 0.256 e. The Bertz CT molecular complexity index is 546. The molecular weight excluding hydrogens is 312 g/mol. The maximum atomic E-state index is 12.6. The summed E-state index contributed by atoms with van der Waals surface area (Å²) in [7, 11) is 0. The topological polar surface area (TPSA) is 43.8 Å². The fraction of sp³-hybridized carbons (Fsp3) is 0.611. The zero-order valence-corrected chi connectivity index (χ0v) is 14.2. The van der Waals surface area contributed by atoms with Crippen molar-refractivity contribution >= 4 is 17.5 Å². The second kappa shape index (κ2) is 7.65. The number of aliphatic hydroxyl groups is 1. The van der Waals surface area contributed by atoms with Crippen LogP contribution in [0.3, 0.4) is 0 Å². The van der Waals surface area contributed by atoms with Crippen LogP contribution in [0.1, 0.15) is 43.8 Å². The van der Waals surface area contributed by atoms with Gasteiger partial charge in [-0.2, -0.15) is 0 Å². The molecule has 0 radical (unpaired) electrons. The Morgan fingerprint density at radius 2 is 1.91 bits per heavy atom. The molecule has 3 rings (SSSR count). The first-order valence-corrected chi connectivity index (χ1v) is 8.99. The molecule has 0 unspecified atom stereocenters. The SMILES string of the molecule is O=C([C@H](O)c1cccc(Cl)c1)N1CCCN(C2CCCC2)CC1. The summed E-state index contributed by atoms with van der Waals surface area (Å²) in [5, 5.41) is 10.9. The molecule has 1 amide bonds. The Labute approximate surface area is 143 Å². The van der Waals surface area contributed by atoms with Crippen molar-refractivity contribution in [3.63, 3.8) is 0 Å². The van der Waals surface area contributed by atoms with Gasteiger partial charge >= 0.3 is 0 Å². The lowest BCUT2D eigenvalue weighted by Crippen LogP contribution is -2.40. The Morgan fingerprint density at radius 1 is 1.13 bits per heavy atom. The van der Waals surface area contributed by atoms with Gasteiger partial charge in [-0.25, -0.2) is 0 Å². The van der Waals surface area contributed by atoms with Crippen molar-refractivity contribution in [3.05, 3.63) is 34.9 Å². The third kappa shape index (κ3) is 4.06. The molecule has 2 aliphatic rings. The lowest BCUT2D eigenvalue weighted by molar-refractivity contribution is -0.140. The minimum atomic E-state index is -1.12. The number of carbonyl (C=O) groups excluding carboxylic acids is 1. The molecule has 1 N–H and O–H groups in total. The van der Waals surface area contributed by atoms with E-state index in [-0.39, 0.29) is 5.91 Å². The van der Waals surface area contributed by atoms with Gasteiger partial charge in [0.1, 0.15) is 0 Å². The number of benzene rings is 1. The van der Waals surface area contributed by atoms with Gasteiger partial charge in [0, 0.05) is 37.2 Å². The molecule has 1 atom stereocenters. The van der Waals surface area contributed by atoms with Crippen LogP contribution in [0.2, 0.25) is 5.02 Å². The zero-order valence-electron chi connectivity index (χ0n) is 13.5. The van der Waals surface area contributed by atoms with Crippen LogP contribution >= 0.6 is 11.6 Å². The maximum Gasteiger partial charge on any atom is 0.256 e. The van der Waals surface area contributed by atoms with E-state index in [1.54, 1.807) is 29.2 Å². The van der Waals surface area contributed by atoms with Crippen molar-refractivity contribution < 1.29 is 9.90 Å². The minimum Gasteiger partial charge on any atom is -0.378 e. The molecule has 4 nitrogen and oxygen atoms in total. The normalized spacial score (nSPS) is 22.1. The molecule has 1 heterocycles. The largest absolute Gasteiger partial charge is 0.378 e. The second-order valence-corrected chi connectivity index (χ2v) is 7.05.